The van der Waals surface area contributed by atoms with Crippen molar-refractivity contribution < 1.29 is 18.3 Å². The molecule has 0 fully saturated rings. The molecule has 2 aromatic heterocycles. The normalized spacial score (nSPS) is 12.3. The lowest BCUT2D eigenvalue weighted by Crippen LogP contribution is -2.32. The SMILES string of the molecule is CCCCc1nc(O)c(S(=O)(=O)c2ccc(-c3cccnc3C)cc2)c(=O)n1[C@@H](C)c1ccc(OC)cc1. The Balaban J connectivity index is 1.83. The van der Waals surface area contributed by atoms with Crippen LogP contribution < -0.4 is 10.3 Å². The van der Waals surface area contributed by atoms with Gasteiger partial charge in [-0.25, -0.2) is 8.42 Å². The maximum atomic E-state index is 13.8. The second kappa shape index (κ2) is 11.2. The summed E-state index contributed by atoms with van der Waals surface area (Å²) in [5, 5.41) is 10.8. The van der Waals surface area contributed by atoms with Crippen LogP contribution in [0.2, 0.25) is 0 Å². The van der Waals surface area contributed by atoms with Crippen molar-refractivity contribution in [3.05, 3.63) is 94.3 Å². The van der Waals surface area contributed by atoms with Crippen LogP contribution in [0.4, 0.5) is 0 Å². The van der Waals surface area contributed by atoms with E-state index in [4.69, 9.17) is 4.74 Å². The summed E-state index contributed by atoms with van der Waals surface area (Å²) >= 11 is 0. The molecule has 0 saturated heterocycles. The lowest BCUT2D eigenvalue weighted by atomic mass is 10.1. The first-order valence-electron chi connectivity index (χ1n) is 12.4. The van der Waals surface area contributed by atoms with Crippen LogP contribution in [0, 0.1) is 6.92 Å². The molecule has 0 aliphatic carbocycles. The van der Waals surface area contributed by atoms with Gasteiger partial charge in [0.25, 0.3) is 5.56 Å². The largest absolute Gasteiger partial charge is 0.497 e. The Morgan fingerprint density at radius 3 is 2.34 bits per heavy atom. The van der Waals surface area contributed by atoms with Crippen molar-refractivity contribution in [2.45, 2.75) is 55.9 Å². The number of hydrogen-bond donors (Lipinski definition) is 1. The third-order valence-corrected chi connectivity index (χ3v) is 8.41. The molecule has 0 spiro atoms. The maximum absolute atomic E-state index is 13.8. The molecule has 4 aromatic rings. The second-order valence-corrected chi connectivity index (χ2v) is 11.0. The zero-order valence-electron chi connectivity index (χ0n) is 21.9. The van der Waals surface area contributed by atoms with Crippen molar-refractivity contribution in [1.82, 2.24) is 14.5 Å². The minimum atomic E-state index is -4.38. The monoisotopic (exact) mass is 533 g/mol. The van der Waals surface area contributed by atoms with Crippen LogP contribution in [-0.4, -0.2) is 35.2 Å². The van der Waals surface area contributed by atoms with E-state index in [0.717, 1.165) is 35.2 Å². The van der Waals surface area contributed by atoms with Crippen LogP contribution in [0.1, 0.15) is 49.8 Å². The van der Waals surface area contributed by atoms with Crippen molar-refractivity contribution >= 4 is 9.84 Å². The Labute approximate surface area is 222 Å². The van der Waals surface area contributed by atoms with E-state index in [1.54, 1.807) is 44.5 Å². The van der Waals surface area contributed by atoms with Gasteiger partial charge in [0.2, 0.25) is 15.7 Å². The zero-order valence-corrected chi connectivity index (χ0v) is 22.7. The summed E-state index contributed by atoms with van der Waals surface area (Å²) in [4.78, 5) is 21.5. The molecule has 198 valence electrons. The van der Waals surface area contributed by atoms with E-state index in [9.17, 15) is 18.3 Å². The van der Waals surface area contributed by atoms with Gasteiger partial charge in [0.1, 0.15) is 11.6 Å². The van der Waals surface area contributed by atoms with E-state index in [1.807, 2.05) is 38.1 Å². The molecule has 1 N–H and O–H groups in total. The molecular weight excluding hydrogens is 502 g/mol. The van der Waals surface area contributed by atoms with Gasteiger partial charge in [0, 0.05) is 23.9 Å². The van der Waals surface area contributed by atoms with E-state index in [0.29, 0.717) is 18.0 Å². The number of aromatic nitrogens is 3. The highest BCUT2D eigenvalue weighted by atomic mass is 32.2. The fraction of sp³-hybridized carbons (Fsp3) is 0.276. The molecule has 38 heavy (non-hydrogen) atoms. The van der Waals surface area contributed by atoms with Crippen molar-refractivity contribution in [3.63, 3.8) is 0 Å². The molecule has 0 bridgehead atoms. The number of sulfone groups is 1. The number of unbranched alkanes of at least 4 members (excludes halogenated alkanes) is 1. The average molecular weight is 534 g/mol. The summed E-state index contributed by atoms with van der Waals surface area (Å²) in [5.41, 5.74) is 2.44. The quantitative estimate of drug-likeness (QED) is 0.318. The van der Waals surface area contributed by atoms with Crippen molar-refractivity contribution in [1.29, 1.82) is 0 Å². The van der Waals surface area contributed by atoms with Gasteiger partial charge < -0.3 is 9.84 Å². The Bertz CT molecular complexity index is 1600. The number of benzene rings is 2. The van der Waals surface area contributed by atoms with Gasteiger partial charge in [-0.05, 0) is 61.7 Å². The molecule has 2 heterocycles. The minimum Gasteiger partial charge on any atom is -0.497 e. The van der Waals surface area contributed by atoms with Crippen molar-refractivity contribution in [2.75, 3.05) is 7.11 Å². The van der Waals surface area contributed by atoms with Gasteiger partial charge in [-0.3, -0.25) is 14.3 Å². The summed E-state index contributed by atoms with van der Waals surface area (Å²) in [7, 11) is -2.81. The van der Waals surface area contributed by atoms with Gasteiger partial charge in [-0.1, -0.05) is 43.7 Å². The highest BCUT2D eigenvalue weighted by Crippen LogP contribution is 2.30. The van der Waals surface area contributed by atoms with Gasteiger partial charge in [-0.15, -0.1) is 0 Å². The lowest BCUT2D eigenvalue weighted by Gasteiger charge is -2.21. The van der Waals surface area contributed by atoms with Crippen molar-refractivity contribution in [3.8, 4) is 22.8 Å². The van der Waals surface area contributed by atoms with E-state index in [-0.39, 0.29) is 4.90 Å². The molecule has 0 radical (unpaired) electrons. The predicted octanol–water partition coefficient (Wildman–Crippen LogP) is 5.11. The fourth-order valence-electron chi connectivity index (χ4n) is 4.45. The van der Waals surface area contributed by atoms with E-state index >= 15 is 0 Å². The highest BCUT2D eigenvalue weighted by Gasteiger charge is 2.31. The molecule has 0 saturated carbocycles. The Morgan fingerprint density at radius 1 is 1.05 bits per heavy atom. The van der Waals surface area contributed by atoms with Crippen LogP contribution >= 0.6 is 0 Å². The fourth-order valence-corrected chi connectivity index (χ4v) is 5.79. The van der Waals surface area contributed by atoms with E-state index < -0.39 is 32.2 Å². The smallest absolute Gasteiger partial charge is 0.277 e. The Kier molecular flexibility index (Phi) is 7.97. The first-order valence-corrected chi connectivity index (χ1v) is 13.9. The Hall–Kier alpha value is -3.98. The summed E-state index contributed by atoms with van der Waals surface area (Å²) < 4.78 is 33.9. The number of ether oxygens (including phenoxy) is 1. The first kappa shape index (κ1) is 27.1. The summed E-state index contributed by atoms with van der Waals surface area (Å²) in [6.45, 7) is 5.68. The average Bonchev–Trinajstić information content (AvgIpc) is 2.91. The van der Waals surface area contributed by atoms with Gasteiger partial charge >= 0.3 is 0 Å². The number of rotatable bonds is 9. The number of aromatic hydroxyl groups is 1. The third-order valence-electron chi connectivity index (χ3n) is 6.62. The molecule has 8 nitrogen and oxygen atoms in total. The van der Waals surface area contributed by atoms with Crippen LogP contribution in [0.3, 0.4) is 0 Å². The molecular formula is C29H31N3O5S. The summed E-state index contributed by atoms with van der Waals surface area (Å²) in [6, 6.07) is 16.6. The summed E-state index contributed by atoms with van der Waals surface area (Å²) in [6.07, 6.45) is 3.67. The van der Waals surface area contributed by atoms with Gasteiger partial charge in [-0.2, -0.15) is 4.98 Å². The molecule has 0 aliphatic heterocycles. The van der Waals surface area contributed by atoms with E-state index in [1.165, 1.54) is 16.7 Å². The number of methoxy groups -OCH3 is 1. The molecule has 0 amide bonds. The maximum Gasteiger partial charge on any atom is 0.277 e. The van der Waals surface area contributed by atoms with Crippen LogP contribution in [0.15, 0.2) is 81.4 Å². The first-order chi connectivity index (χ1) is 18.2. The van der Waals surface area contributed by atoms with Crippen LogP contribution in [-0.2, 0) is 16.3 Å². The molecule has 2 aromatic carbocycles. The zero-order chi connectivity index (χ0) is 27.4. The third kappa shape index (κ3) is 5.19. The molecule has 4 rings (SSSR count). The number of hydrogen-bond acceptors (Lipinski definition) is 7. The van der Waals surface area contributed by atoms with Crippen LogP contribution in [0.25, 0.3) is 11.1 Å². The molecule has 0 aliphatic rings. The number of nitrogens with zero attached hydrogens (tertiary/aromatic N) is 3. The molecule has 9 heteroatoms. The van der Waals surface area contributed by atoms with Crippen LogP contribution in [0.5, 0.6) is 11.6 Å². The topological polar surface area (TPSA) is 111 Å². The molecule has 0 unspecified atom stereocenters. The lowest BCUT2D eigenvalue weighted by molar-refractivity contribution is 0.411. The minimum absolute atomic E-state index is 0.109. The van der Waals surface area contributed by atoms with Gasteiger partial charge in [0.05, 0.1) is 18.0 Å². The number of aryl methyl sites for hydroxylation is 2. The predicted molar refractivity (Wildman–Crippen MR) is 145 cm³/mol. The van der Waals surface area contributed by atoms with E-state index in [2.05, 4.69) is 9.97 Å². The highest BCUT2D eigenvalue weighted by molar-refractivity contribution is 7.91. The second-order valence-electron chi connectivity index (χ2n) is 9.07. The standard InChI is InChI=1S/C29H31N3O5S/c1-5-6-9-26-31-28(33)27(29(34)32(26)20(3)21-10-14-23(37-4)15-11-21)38(35,36)24-16-12-22(13-17-24)25-8-7-18-30-19(25)2/h7-8,10-18,20,33H,5-6,9H2,1-4H3/t20-/m0/s1. The number of pyridine rings is 1. The van der Waals surface area contributed by atoms with Crippen molar-refractivity contribution in [2.24, 2.45) is 0 Å². The Morgan fingerprint density at radius 2 is 1.74 bits per heavy atom. The van der Waals surface area contributed by atoms with Gasteiger partial charge in [0.15, 0.2) is 4.90 Å². The summed E-state index contributed by atoms with van der Waals surface area (Å²) in [5.74, 6) is 0.210. The molecule has 1 atom stereocenters.